The van der Waals surface area contributed by atoms with Gasteiger partial charge in [0.15, 0.2) is 5.82 Å². The summed E-state index contributed by atoms with van der Waals surface area (Å²) in [7, 11) is 0. The molecule has 1 heterocycles. The van der Waals surface area contributed by atoms with Crippen LogP contribution in [-0.4, -0.2) is 21.4 Å². The van der Waals surface area contributed by atoms with E-state index in [9.17, 15) is 5.11 Å². The zero-order chi connectivity index (χ0) is 10.7. The van der Waals surface area contributed by atoms with Crippen molar-refractivity contribution in [2.45, 2.75) is 46.1 Å². The van der Waals surface area contributed by atoms with Crippen LogP contribution in [0.4, 0.5) is 0 Å². The molecule has 0 bridgehead atoms. The Morgan fingerprint density at radius 1 is 1.29 bits per heavy atom. The summed E-state index contributed by atoms with van der Waals surface area (Å²) in [6.07, 6.45) is 0.0349. The number of rotatable bonds is 4. The lowest BCUT2D eigenvalue weighted by Crippen LogP contribution is -2.17. The Morgan fingerprint density at radius 3 is 2.36 bits per heavy atom. The van der Waals surface area contributed by atoms with Gasteiger partial charge >= 0.3 is 0 Å². The van der Waals surface area contributed by atoms with Gasteiger partial charge < -0.3 is 9.63 Å². The van der Waals surface area contributed by atoms with Gasteiger partial charge in [0.25, 0.3) is 0 Å². The third kappa shape index (κ3) is 2.80. The highest BCUT2D eigenvalue weighted by Gasteiger charge is 2.15. The molecule has 14 heavy (non-hydrogen) atoms. The topological polar surface area (TPSA) is 59.2 Å². The molecule has 1 N–H and O–H groups in total. The fourth-order valence-corrected chi connectivity index (χ4v) is 1.00. The first-order valence-corrected chi connectivity index (χ1v) is 5.01. The predicted molar refractivity (Wildman–Crippen MR) is 52.9 cm³/mol. The van der Waals surface area contributed by atoms with E-state index >= 15 is 0 Å². The van der Waals surface area contributed by atoms with E-state index in [2.05, 4.69) is 10.1 Å². The summed E-state index contributed by atoms with van der Waals surface area (Å²) in [5.74, 6) is 1.71. The Bertz CT molecular complexity index is 281. The summed E-state index contributed by atoms with van der Waals surface area (Å²) in [5.41, 5.74) is 0. The fraction of sp³-hybridized carbons (Fsp3) is 0.800. The molecular formula is C10H18N2O2. The highest BCUT2D eigenvalue weighted by Crippen LogP contribution is 2.12. The predicted octanol–water partition coefficient (Wildman–Crippen LogP) is 1.75. The van der Waals surface area contributed by atoms with Crippen molar-refractivity contribution >= 4 is 0 Å². The van der Waals surface area contributed by atoms with Crippen molar-refractivity contribution in [2.75, 3.05) is 0 Å². The van der Waals surface area contributed by atoms with Crippen LogP contribution in [0, 0.1) is 5.92 Å². The van der Waals surface area contributed by atoms with Gasteiger partial charge in [0.05, 0.1) is 12.5 Å². The van der Waals surface area contributed by atoms with E-state index in [1.165, 1.54) is 0 Å². The number of hydrogen-bond donors (Lipinski definition) is 1. The normalized spacial score (nSPS) is 13.9. The molecule has 4 nitrogen and oxygen atoms in total. The molecule has 0 aliphatic heterocycles. The second kappa shape index (κ2) is 4.55. The van der Waals surface area contributed by atoms with Crippen LogP contribution in [0.5, 0.6) is 0 Å². The first-order chi connectivity index (χ1) is 6.50. The van der Waals surface area contributed by atoms with Crippen LogP contribution in [-0.2, 0) is 6.42 Å². The Morgan fingerprint density at radius 2 is 1.93 bits per heavy atom. The molecule has 1 unspecified atom stereocenters. The lowest BCUT2D eigenvalue weighted by Gasteiger charge is -2.10. The van der Waals surface area contributed by atoms with E-state index < -0.39 is 6.10 Å². The van der Waals surface area contributed by atoms with Crippen LogP contribution in [0.1, 0.15) is 45.3 Å². The molecule has 0 fully saturated rings. The molecule has 0 amide bonds. The minimum absolute atomic E-state index is 0.212. The van der Waals surface area contributed by atoms with Crippen LogP contribution < -0.4 is 0 Å². The molecular weight excluding hydrogens is 180 g/mol. The third-order valence-electron chi connectivity index (χ3n) is 2.15. The van der Waals surface area contributed by atoms with Crippen molar-refractivity contribution in [1.82, 2.24) is 10.1 Å². The van der Waals surface area contributed by atoms with E-state index in [1.54, 1.807) is 0 Å². The second-order valence-electron chi connectivity index (χ2n) is 4.22. The highest BCUT2D eigenvalue weighted by molar-refractivity contribution is 4.92. The molecule has 0 saturated heterocycles. The Balaban J connectivity index is 2.60. The number of aliphatic hydroxyl groups is 1. The maximum Gasteiger partial charge on any atom is 0.229 e. The minimum atomic E-state index is -0.407. The summed E-state index contributed by atoms with van der Waals surface area (Å²) in [6, 6.07) is 0. The molecule has 0 spiro atoms. The SMILES string of the molecule is CC(C)c1noc(CC(O)C(C)C)n1. The summed E-state index contributed by atoms with van der Waals surface area (Å²) in [5, 5.41) is 13.4. The number of aromatic nitrogens is 2. The molecule has 0 aliphatic carbocycles. The van der Waals surface area contributed by atoms with E-state index in [1.807, 2.05) is 27.7 Å². The average molecular weight is 198 g/mol. The third-order valence-corrected chi connectivity index (χ3v) is 2.15. The number of nitrogens with zero attached hydrogens (tertiary/aromatic N) is 2. The van der Waals surface area contributed by atoms with Crippen LogP contribution in [0.25, 0.3) is 0 Å². The molecule has 1 atom stereocenters. The van der Waals surface area contributed by atoms with E-state index in [4.69, 9.17) is 4.52 Å². The zero-order valence-electron chi connectivity index (χ0n) is 9.19. The molecule has 1 aromatic rings. The summed E-state index contributed by atoms with van der Waals surface area (Å²) in [4.78, 5) is 4.19. The van der Waals surface area contributed by atoms with Crippen LogP contribution in [0.15, 0.2) is 4.52 Å². The van der Waals surface area contributed by atoms with Gasteiger partial charge in [0.2, 0.25) is 5.89 Å². The van der Waals surface area contributed by atoms with Crippen LogP contribution in [0.2, 0.25) is 0 Å². The van der Waals surface area contributed by atoms with Crippen molar-refractivity contribution < 1.29 is 9.63 Å². The Hall–Kier alpha value is -0.900. The van der Waals surface area contributed by atoms with Gasteiger partial charge in [-0.1, -0.05) is 32.9 Å². The maximum atomic E-state index is 9.60. The van der Waals surface area contributed by atoms with Gasteiger partial charge in [-0.15, -0.1) is 0 Å². The second-order valence-corrected chi connectivity index (χ2v) is 4.22. The molecule has 0 aliphatic rings. The summed E-state index contributed by atoms with van der Waals surface area (Å²) >= 11 is 0. The fourth-order valence-electron chi connectivity index (χ4n) is 1.00. The van der Waals surface area contributed by atoms with Gasteiger partial charge in [-0.25, -0.2) is 0 Å². The first kappa shape index (κ1) is 11.2. The first-order valence-electron chi connectivity index (χ1n) is 5.01. The quantitative estimate of drug-likeness (QED) is 0.800. The van der Waals surface area contributed by atoms with Gasteiger partial charge in [-0.3, -0.25) is 0 Å². The maximum absolute atomic E-state index is 9.60. The molecule has 0 aromatic carbocycles. The Kier molecular flexibility index (Phi) is 3.63. The highest BCUT2D eigenvalue weighted by atomic mass is 16.5. The molecule has 4 heteroatoms. The van der Waals surface area contributed by atoms with Crippen molar-refractivity contribution in [1.29, 1.82) is 0 Å². The monoisotopic (exact) mass is 198 g/mol. The summed E-state index contributed by atoms with van der Waals surface area (Å²) < 4.78 is 5.03. The molecule has 80 valence electrons. The molecule has 1 aromatic heterocycles. The van der Waals surface area contributed by atoms with Crippen molar-refractivity contribution in [3.05, 3.63) is 11.7 Å². The smallest absolute Gasteiger partial charge is 0.229 e. The van der Waals surface area contributed by atoms with E-state index in [0.29, 0.717) is 18.1 Å². The van der Waals surface area contributed by atoms with Crippen molar-refractivity contribution in [3.8, 4) is 0 Å². The minimum Gasteiger partial charge on any atom is -0.392 e. The van der Waals surface area contributed by atoms with Crippen LogP contribution >= 0.6 is 0 Å². The molecule has 0 saturated carbocycles. The van der Waals surface area contributed by atoms with Crippen LogP contribution in [0.3, 0.4) is 0 Å². The van der Waals surface area contributed by atoms with Crippen molar-refractivity contribution in [2.24, 2.45) is 5.92 Å². The average Bonchev–Trinajstić information content (AvgIpc) is 2.52. The van der Waals surface area contributed by atoms with E-state index in [-0.39, 0.29) is 11.8 Å². The molecule has 1 rings (SSSR count). The van der Waals surface area contributed by atoms with Gasteiger partial charge in [-0.2, -0.15) is 4.98 Å². The molecule has 0 radical (unpaired) electrons. The van der Waals surface area contributed by atoms with Crippen molar-refractivity contribution in [3.63, 3.8) is 0 Å². The van der Waals surface area contributed by atoms with Gasteiger partial charge in [-0.05, 0) is 5.92 Å². The Labute approximate surface area is 84.3 Å². The lowest BCUT2D eigenvalue weighted by atomic mass is 10.0. The lowest BCUT2D eigenvalue weighted by molar-refractivity contribution is 0.116. The zero-order valence-corrected chi connectivity index (χ0v) is 9.19. The largest absolute Gasteiger partial charge is 0.392 e. The summed E-state index contributed by atoms with van der Waals surface area (Å²) in [6.45, 7) is 7.94. The van der Waals surface area contributed by atoms with Gasteiger partial charge in [0.1, 0.15) is 0 Å². The number of hydrogen-bond acceptors (Lipinski definition) is 4. The van der Waals surface area contributed by atoms with E-state index in [0.717, 1.165) is 0 Å². The standard InChI is InChI=1S/C10H18N2O2/c1-6(2)8(13)5-9-11-10(7(3)4)12-14-9/h6-8,13H,5H2,1-4H3. The number of aliphatic hydroxyl groups excluding tert-OH is 1. The van der Waals surface area contributed by atoms with Gasteiger partial charge in [0, 0.05) is 5.92 Å².